The van der Waals surface area contributed by atoms with E-state index in [1.165, 1.54) is 64.6 Å². The molecule has 0 aromatic heterocycles. The van der Waals surface area contributed by atoms with Crippen LogP contribution in [0.2, 0.25) is 0 Å². The Morgan fingerprint density at radius 1 is 1.11 bits per heavy atom. The van der Waals surface area contributed by atoms with Crippen molar-refractivity contribution in [1.29, 1.82) is 0 Å². The molecule has 4 atom stereocenters. The number of nitrogens with one attached hydrogen (secondary N) is 1. The minimum absolute atomic E-state index is 0.489. The van der Waals surface area contributed by atoms with Crippen LogP contribution < -0.4 is 5.32 Å². The molecule has 0 radical (unpaired) electrons. The second-order valence-corrected chi connectivity index (χ2v) is 6.41. The lowest BCUT2D eigenvalue weighted by Crippen LogP contribution is -2.52. The maximum absolute atomic E-state index is 6.01. The maximum Gasteiger partial charge on any atom is 0.0706 e. The van der Waals surface area contributed by atoms with Gasteiger partial charge in [-0.2, -0.15) is 0 Å². The van der Waals surface area contributed by atoms with E-state index in [1.54, 1.807) is 0 Å². The Hall–Kier alpha value is -0.120. The molecule has 0 aromatic rings. The van der Waals surface area contributed by atoms with E-state index >= 15 is 0 Å². The van der Waals surface area contributed by atoms with Crippen LogP contribution in [0.4, 0.5) is 0 Å². The first-order valence-electron chi connectivity index (χ1n) is 7.96. The molecule has 3 rings (SSSR count). The van der Waals surface area contributed by atoms with Crippen LogP contribution >= 0.6 is 0 Å². The summed E-state index contributed by atoms with van der Waals surface area (Å²) < 4.78 is 6.01. The monoisotopic (exact) mass is 252 g/mol. The van der Waals surface area contributed by atoms with Crippen molar-refractivity contribution < 1.29 is 4.74 Å². The van der Waals surface area contributed by atoms with Gasteiger partial charge in [-0.15, -0.1) is 0 Å². The van der Waals surface area contributed by atoms with Crippen molar-refractivity contribution in [3.05, 3.63) is 0 Å². The lowest BCUT2D eigenvalue weighted by molar-refractivity contribution is 0.00839. The van der Waals surface area contributed by atoms with Crippen LogP contribution in [0.25, 0.3) is 0 Å². The average Bonchev–Trinajstić information content (AvgIpc) is 3.02. The van der Waals surface area contributed by atoms with Crippen molar-refractivity contribution >= 4 is 0 Å². The molecule has 3 aliphatic heterocycles. The average molecular weight is 252 g/mol. The Morgan fingerprint density at radius 2 is 2.06 bits per heavy atom. The number of likely N-dealkylation sites (tertiary alicyclic amines) is 1. The van der Waals surface area contributed by atoms with E-state index in [1.807, 2.05) is 0 Å². The molecule has 3 fully saturated rings. The van der Waals surface area contributed by atoms with Crippen LogP contribution in [0.3, 0.4) is 0 Å². The minimum atomic E-state index is 0.489. The van der Waals surface area contributed by atoms with Crippen LogP contribution in [0, 0.1) is 0 Å². The van der Waals surface area contributed by atoms with Gasteiger partial charge < -0.3 is 10.1 Å². The molecular formula is C15H28N2O. The largest absolute Gasteiger partial charge is 0.374 e. The number of piperidine rings is 1. The van der Waals surface area contributed by atoms with Crippen molar-refractivity contribution in [2.45, 2.75) is 76.2 Å². The van der Waals surface area contributed by atoms with E-state index in [-0.39, 0.29) is 0 Å². The van der Waals surface area contributed by atoms with Crippen LogP contribution in [0.5, 0.6) is 0 Å². The molecule has 0 spiro atoms. The second kappa shape index (κ2) is 5.89. The highest BCUT2D eigenvalue weighted by atomic mass is 16.5. The maximum atomic E-state index is 6.01. The molecule has 0 aliphatic carbocycles. The van der Waals surface area contributed by atoms with Gasteiger partial charge >= 0.3 is 0 Å². The molecule has 3 nitrogen and oxygen atoms in total. The van der Waals surface area contributed by atoms with E-state index < -0.39 is 0 Å². The molecule has 4 unspecified atom stereocenters. The van der Waals surface area contributed by atoms with Gasteiger partial charge in [0.1, 0.15) is 0 Å². The fourth-order valence-electron chi connectivity index (χ4n) is 4.02. The molecule has 1 N–H and O–H groups in total. The molecule has 18 heavy (non-hydrogen) atoms. The van der Waals surface area contributed by atoms with Crippen molar-refractivity contribution in [3.8, 4) is 0 Å². The third-order valence-corrected chi connectivity index (χ3v) is 4.99. The first kappa shape index (κ1) is 12.9. The predicted octanol–water partition coefficient (Wildman–Crippen LogP) is 2.16. The standard InChI is InChI=1S/C15H28N2O/c1-12-7-8-13(18-12)11-17-10-3-2-6-15(17)14-5-4-9-16-14/h12-16H,2-11H2,1H3. The van der Waals surface area contributed by atoms with E-state index in [0.29, 0.717) is 12.2 Å². The molecule has 3 heteroatoms. The summed E-state index contributed by atoms with van der Waals surface area (Å²) in [5.74, 6) is 0. The van der Waals surface area contributed by atoms with Crippen LogP contribution in [-0.4, -0.2) is 48.8 Å². The van der Waals surface area contributed by atoms with Gasteiger partial charge in [0.2, 0.25) is 0 Å². The number of hydrogen-bond donors (Lipinski definition) is 1. The van der Waals surface area contributed by atoms with Gasteiger partial charge in [-0.3, -0.25) is 4.90 Å². The Bertz CT molecular complexity index is 265. The lowest BCUT2D eigenvalue weighted by atomic mass is 9.94. The zero-order chi connectivity index (χ0) is 12.4. The Balaban J connectivity index is 1.57. The minimum Gasteiger partial charge on any atom is -0.374 e. The summed E-state index contributed by atoms with van der Waals surface area (Å²) in [6.07, 6.45) is 10.4. The summed E-state index contributed by atoms with van der Waals surface area (Å²) in [5.41, 5.74) is 0. The summed E-state index contributed by atoms with van der Waals surface area (Å²) in [7, 11) is 0. The highest BCUT2D eigenvalue weighted by Crippen LogP contribution is 2.27. The molecule has 0 aromatic carbocycles. The predicted molar refractivity (Wildman–Crippen MR) is 73.8 cm³/mol. The molecule has 104 valence electrons. The van der Waals surface area contributed by atoms with Gasteiger partial charge in [0.25, 0.3) is 0 Å². The fourth-order valence-corrected chi connectivity index (χ4v) is 4.02. The zero-order valence-corrected chi connectivity index (χ0v) is 11.7. The quantitative estimate of drug-likeness (QED) is 0.833. The molecule has 0 bridgehead atoms. The van der Waals surface area contributed by atoms with E-state index in [0.717, 1.165) is 12.1 Å². The van der Waals surface area contributed by atoms with Crippen LogP contribution in [0.1, 0.15) is 51.9 Å². The molecule has 3 heterocycles. The number of rotatable bonds is 3. The molecule has 3 aliphatic rings. The SMILES string of the molecule is CC1CCC(CN2CCCCC2C2CCCN2)O1. The third-order valence-electron chi connectivity index (χ3n) is 4.99. The third kappa shape index (κ3) is 2.89. The van der Waals surface area contributed by atoms with Crippen molar-refractivity contribution in [3.63, 3.8) is 0 Å². The van der Waals surface area contributed by atoms with Gasteiger partial charge in [0.15, 0.2) is 0 Å². The fraction of sp³-hybridized carbons (Fsp3) is 1.00. The van der Waals surface area contributed by atoms with Crippen molar-refractivity contribution in [2.75, 3.05) is 19.6 Å². The molecule has 0 saturated carbocycles. The smallest absolute Gasteiger partial charge is 0.0706 e. The first-order chi connectivity index (χ1) is 8.83. The summed E-state index contributed by atoms with van der Waals surface area (Å²) >= 11 is 0. The molecular weight excluding hydrogens is 224 g/mol. The van der Waals surface area contributed by atoms with Crippen molar-refractivity contribution in [1.82, 2.24) is 10.2 Å². The van der Waals surface area contributed by atoms with E-state index in [9.17, 15) is 0 Å². The highest BCUT2D eigenvalue weighted by Gasteiger charge is 2.34. The van der Waals surface area contributed by atoms with Gasteiger partial charge in [-0.1, -0.05) is 6.42 Å². The molecule has 3 saturated heterocycles. The van der Waals surface area contributed by atoms with Crippen LogP contribution in [-0.2, 0) is 4.74 Å². The van der Waals surface area contributed by atoms with Crippen LogP contribution in [0.15, 0.2) is 0 Å². The topological polar surface area (TPSA) is 24.5 Å². The van der Waals surface area contributed by atoms with Crippen molar-refractivity contribution in [2.24, 2.45) is 0 Å². The number of hydrogen-bond acceptors (Lipinski definition) is 3. The number of nitrogens with zero attached hydrogens (tertiary/aromatic N) is 1. The van der Waals surface area contributed by atoms with E-state index in [4.69, 9.17) is 4.74 Å². The first-order valence-corrected chi connectivity index (χ1v) is 7.96. The molecule has 0 amide bonds. The highest BCUT2D eigenvalue weighted by molar-refractivity contribution is 4.91. The second-order valence-electron chi connectivity index (χ2n) is 6.41. The summed E-state index contributed by atoms with van der Waals surface area (Å²) in [5, 5.41) is 3.71. The Morgan fingerprint density at radius 3 is 2.78 bits per heavy atom. The Kier molecular flexibility index (Phi) is 4.22. The lowest BCUT2D eigenvalue weighted by Gasteiger charge is -2.40. The zero-order valence-electron chi connectivity index (χ0n) is 11.7. The van der Waals surface area contributed by atoms with Gasteiger partial charge in [-0.05, 0) is 58.5 Å². The Labute approximate surface area is 111 Å². The van der Waals surface area contributed by atoms with Gasteiger partial charge in [0, 0.05) is 18.6 Å². The van der Waals surface area contributed by atoms with Gasteiger partial charge in [-0.25, -0.2) is 0 Å². The van der Waals surface area contributed by atoms with Gasteiger partial charge in [0.05, 0.1) is 12.2 Å². The summed E-state index contributed by atoms with van der Waals surface area (Å²) in [6.45, 7) is 5.91. The number of ether oxygens (including phenoxy) is 1. The normalized spacial score (nSPS) is 42.5. The summed E-state index contributed by atoms with van der Waals surface area (Å²) in [6, 6.07) is 1.53. The summed E-state index contributed by atoms with van der Waals surface area (Å²) in [4.78, 5) is 2.73. The van der Waals surface area contributed by atoms with E-state index in [2.05, 4.69) is 17.1 Å².